The topological polar surface area (TPSA) is 172 Å². The Morgan fingerprint density at radius 2 is 1.53 bits per heavy atom. The number of carbonyl (C=O) groups excluding carboxylic acids is 1. The van der Waals surface area contributed by atoms with Crippen LogP contribution in [0.15, 0.2) is 60.0 Å². The lowest BCUT2D eigenvalue weighted by atomic mass is 10.2. The molecule has 0 fully saturated rings. The number of benzene rings is 1. The fourth-order valence-corrected chi connectivity index (χ4v) is 5.13. The SMILES string of the molecule is CC(C)CN1Cc2c(C(=O)Nc3cccnc3)ncn2-c2ccccc2S1(=O)=O.O=C(O)C(F)(F)F.O=C(O)C(F)(F)F. The number of hydrogen-bond donors (Lipinski definition) is 3. The van der Waals surface area contributed by atoms with Crippen molar-refractivity contribution < 1.29 is 59.4 Å². The molecule has 1 aliphatic rings. The largest absolute Gasteiger partial charge is 0.490 e. The third-order valence-electron chi connectivity index (χ3n) is 5.12. The second-order valence-electron chi connectivity index (χ2n) is 8.87. The van der Waals surface area contributed by atoms with Crippen LogP contribution < -0.4 is 5.32 Å². The van der Waals surface area contributed by atoms with Crippen molar-refractivity contribution in [1.82, 2.24) is 18.8 Å². The highest BCUT2D eigenvalue weighted by atomic mass is 32.2. The molecule has 3 aromatic rings. The van der Waals surface area contributed by atoms with Crippen molar-refractivity contribution in [2.45, 2.75) is 37.6 Å². The van der Waals surface area contributed by atoms with Crippen LogP contribution in [0.3, 0.4) is 0 Å². The van der Waals surface area contributed by atoms with Gasteiger partial charge < -0.3 is 15.5 Å². The minimum Gasteiger partial charge on any atom is -0.475 e. The Morgan fingerprint density at radius 3 is 2.02 bits per heavy atom. The number of pyridine rings is 1. The normalized spacial score (nSPS) is 14.1. The van der Waals surface area contributed by atoms with Crippen molar-refractivity contribution in [2.75, 3.05) is 11.9 Å². The summed E-state index contributed by atoms with van der Waals surface area (Å²) in [5, 5.41) is 17.0. The van der Waals surface area contributed by atoms with Gasteiger partial charge >= 0.3 is 24.3 Å². The van der Waals surface area contributed by atoms with Crippen LogP contribution in [0.1, 0.15) is 30.0 Å². The van der Waals surface area contributed by atoms with Crippen molar-refractivity contribution in [3.8, 4) is 5.69 Å². The summed E-state index contributed by atoms with van der Waals surface area (Å²) >= 11 is 0. The van der Waals surface area contributed by atoms with Gasteiger partial charge in [0.2, 0.25) is 10.0 Å². The van der Waals surface area contributed by atoms with Crippen LogP contribution >= 0.6 is 0 Å². The van der Waals surface area contributed by atoms with E-state index in [2.05, 4.69) is 15.3 Å². The Labute approximate surface area is 239 Å². The number of imidazole rings is 1. The zero-order valence-electron chi connectivity index (χ0n) is 22.1. The molecule has 0 atom stereocenters. The fourth-order valence-electron chi connectivity index (χ4n) is 3.38. The lowest BCUT2D eigenvalue weighted by Crippen LogP contribution is -2.33. The van der Waals surface area contributed by atoms with Gasteiger partial charge in [-0.1, -0.05) is 26.0 Å². The van der Waals surface area contributed by atoms with E-state index in [-0.39, 0.29) is 23.1 Å². The summed E-state index contributed by atoms with van der Waals surface area (Å²) in [6.07, 6.45) is -5.51. The van der Waals surface area contributed by atoms with Gasteiger partial charge in [0, 0.05) is 12.7 Å². The number of anilines is 1. The molecule has 0 saturated carbocycles. The first kappa shape index (κ1) is 34.7. The maximum absolute atomic E-state index is 13.3. The Kier molecular flexibility index (Phi) is 11.0. The number of sulfonamides is 1. The van der Waals surface area contributed by atoms with E-state index in [1.54, 1.807) is 47.2 Å². The lowest BCUT2D eigenvalue weighted by Gasteiger charge is -2.22. The first-order valence-corrected chi connectivity index (χ1v) is 13.2. The number of aliphatic carboxylic acids is 2. The van der Waals surface area contributed by atoms with E-state index >= 15 is 0 Å². The summed E-state index contributed by atoms with van der Waals surface area (Å²) in [6.45, 7) is 4.32. The highest BCUT2D eigenvalue weighted by Gasteiger charge is 2.39. The molecule has 1 aliphatic heterocycles. The van der Waals surface area contributed by atoms with Crippen LogP contribution in [0, 0.1) is 5.92 Å². The van der Waals surface area contributed by atoms with Gasteiger partial charge in [-0.3, -0.25) is 14.3 Å². The number of nitrogens with one attached hydrogen (secondary N) is 1. The number of hydrogen-bond acceptors (Lipinski definition) is 7. The molecule has 4 rings (SSSR count). The van der Waals surface area contributed by atoms with E-state index in [4.69, 9.17) is 19.8 Å². The molecule has 0 bridgehead atoms. The molecule has 0 aliphatic carbocycles. The molecule has 3 heterocycles. The molecule has 1 aromatic carbocycles. The molecule has 0 spiro atoms. The quantitative estimate of drug-likeness (QED) is 0.358. The first-order valence-electron chi connectivity index (χ1n) is 11.7. The summed E-state index contributed by atoms with van der Waals surface area (Å²) in [5.41, 5.74) is 1.75. The predicted octanol–water partition coefficient (Wildman–Crippen LogP) is 3.95. The molecule has 3 N–H and O–H groups in total. The Bertz CT molecular complexity index is 1530. The van der Waals surface area contributed by atoms with E-state index in [1.807, 2.05) is 13.8 Å². The maximum atomic E-state index is 13.3. The molecule has 0 saturated heterocycles. The van der Waals surface area contributed by atoms with E-state index in [0.717, 1.165) is 0 Å². The molecule has 234 valence electrons. The number of amides is 1. The number of fused-ring (bicyclic) bond motifs is 3. The second kappa shape index (κ2) is 13.6. The van der Waals surface area contributed by atoms with E-state index in [9.17, 15) is 39.6 Å². The second-order valence-corrected chi connectivity index (χ2v) is 10.8. The maximum Gasteiger partial charge on any atom is 0.490 e. The summed E-state index contributed by atoms with van der Waals surface area (Å²) < 4.78 is 93.1. The van der Waals surface area contributed by atoms with Gasteiger partial charge in [0.1, 0.15) is 11.2 Å². The molecule has 1 amide bonds. The zero-order valence-corrected chi connectivity index (χ0v) is 22.9. The highest BCUT2D eigenvalue weighted by Crippen LogP contribution is 2.32. The van der Waals surface area contributed by atoms with E-state index in [0.29, 0.717) is 23.6 Å². The van der Waals surface area contributed by atoms with Crippen LogP contribution in [0.25, 0.3) is 5.69 Å². The number of alkyl halides is 6. The number of carboxylic acid groups (broad SMARTS) is 2. The summed E-state index contributed by atoms with van der Waals surface area (Å²) in [7, 11) is -3.71. The molecular formula is C24H23F6N5O7S. The minimum atomic E-state index is -5.08. The number of carboxylic acids is 2. The van der Waals surface area contributed by atoms with E-state index in [1.165, 1.54) is 16.8 Å². The lowest BCUT2D eigenvalue weighted by molar-refractivity contribution is -0.193. The number of aromatic nitrogens is 3. The summed E-state index contributed by atoms with van der Waals surface area (Å²) in [4.78, 5) is 39.2. The number of nitrogens with zero attached hydrogens (tertiary/aromatic N) is 4. The average molecular weight is 640 g/mol. The Hall–Kier alpha value is -4.52. The van der Waals surface area contributed by atoms with Crippen LogP contribution in [-0.4, -0.2) is 74.2 Å². The highest BCUT2D eigenvalue weighted by molar-refractivity contribution is 7.89. The third-order valence-corrected chi connectivity index (χ3v) is 6.98. The summed E-state index contributed by atoms with van der Waals surface area (Å²) in [6, 6.07) is 10.2. The van der Waals surface area contributed by atoms with Gasteiger partial charge in [0.15, 0.2) is 5.69 Å². The number of para-hydroxylation sites is 1. The van der Waals surface area contributed by atoms with Gasteiger partial charge in [-0.25, -0.2) is 23.0 Å². The molecule has 12 nitrogen and oxygen atoms in total. The molecule has 43 heavy (non-hydrogen) atoms. The fraction of sp³-hybridized carbons (Fsp3) is 0.292. The average Bonchev–Trinajstić information content (AvgIpc) is 3.28. The van der Waals surface area contributed by atoms with Crippen LogP contribution in [-0.2, 0) is 26.2 Å². The first-order chi connectivity index (χ1) is 19.8. The molecular weight excluding hydrogens is 616 g/mol. The number of carbonyl (C=O) groups is 3. The number of halogens is 6. The van der Waals surface area contributed by atoms with Crippen molar-refractivity contribution in [1.29, 1.82) is 0 Å². The molecule has 2 aromatic heterocycles. The van der Waals surface area contributed by atoms with Crippen molar-refractivity contribution in [3.63, 3.8) is 0 Å². The van der Waals surface area contributed by atoms with Crippen LogP contribution in [0.5, 0.6) is 0 Å². The molecule has 19 heteroatoms. The Morgan fingerprint density at radius 1 is 0.977 bits per heavy atom. The minimum absolute atomic E-state index is 0.0605. The van der Waals surface area contributed by atoms with Gasteiger partial charge in [-0.2, -0.15) is 30.6 Å². The van der Waals surface area contributed by atoms with Crippen molar-refractivity contribution >= 4 is 33.6 Å². The number of rotatable bonds is 4. The van der Waals surface area contributed by atoms with Gasteiger partial charge in [0.25, 0.3) is 5.91 Å². The van der Waals surface area contributed by atoms with Crippen LogP contribution in [0.2, 0.25) is 0 Å². The van der Waals surface area contributed by atoms with E-state index < -0.39 is 40.2 Å². The summed E-state index contributed by atoms with van der Waals surface area (Å²) in [5.74, 6) is -5.80. The molecule has 0 radical (unpaired) electrons. The Balaban J connectivity index is 0.000000384. The smallest absolute Gasteiger partial charge is 0.475 e. The third kappa shape index (κ3) is 9.23. The monoisotopic (exact) mass is 639 g/mol. The van der Waals surface area contributed by atoms with Crippen molar-refractivity contribution in [3.05, 3.63) is 66.5 Å². The van der Waals surface area contributed by atoms with Crippen molar-refractivity contribution in [2.24, 2.45) is 5.92 Å². The van der Waals surface area contributed by atoms with Crippen LogP contribution in [0.4, 0.5) is 32.0 Å². The zero-order chi connectivity index (χ0) is 32.8. The van der Waals surface area contributed by atoms with Gasteiger partial charge in [0.05, 0.1) is 29.8 Å². The van der Waals surface area contributed by atoms with Gasteiger partial charge in [-0.05, 0) is 30.2 Å². The molecule has 0 unspecified atom stereocenters. The van der Waals surface area contributed by atoms with Gasteiger partial charge in [-0.15, -0.1) is 0 Å². The standard InChI is InChI=1S/C20H21N5O3S.2C2HF3O2/c1-14(2)11-24-12-17-19(20(26)23-15-6-5-9-21-10-15)22-13-25(17)16-7-3-4-8-18(16)29(24,27)28;2*3-2(4,5)1(6)7/h3-10,13-14H,11-12H2,1-2H3,(H,23,26);2*(H,6,7). The predicted molar refractivity (Wildman–Crippen MR) is 136 cm³/mol.